The first-order chi connectivity index (χ1) is 21.2. The Balaban J connectivity index is 1.95. The maximum Gasteiger partial charge on any atom is 0.305 e. The average Bonchev–Trinajstić information content (AvgIpc) is 3.47. The highest BCUT2D eigenvalue weighted by molar-refractivity contribution is 5.69. The molecule has 0 aliphatic carbocycles. The zero-order chi connectivity index (χ0) is 31.1. The van der Waals surface area contributed by atoms with Gasteiger partial charge < -0.3 is 14.8 Å². The zero-order valence-corrected chi connectivity index (χ0v) is 28.4. The van der Waals surface area contributed by atoms with E-state index in [1.165, 1.54) is 116 Å². The second-order valence-corrected chi connectivity index (χ2v) is 12.8. The Morgan fingerprint density at radius 3 is 1.21 bits per heavy atom. The van der Waals surface area contributed by atoms with Crippen molar-refractivity contribution in [2.45, 2.75) is 168 Å². The Bertz CT molecular complexity index is 646. The normalized spacial score (nSPS) is 16.9. The first kappa shape index (κ1) is 39.4. The topological polar surface area (TPSA) is 64.6 Å². The van der Waals surface area contributed by atoms with E-state index in [4.69, 9.17) is 9.47 Å². The lowest BCUT2D eigenvalue weighted by Crippen LogP contribution is -2.25. The number of esters is 2. The van der Waals surface area contributed by atoms with Crippen LogP contribution in [0, 0.1) is 11.8 Å². The van der Waals surface area contributed by atoms with Crippen molar-refractivity contribution in [3.63, 3.8) is 0 Å². The molecule has 0 amide bonds. The molecule has 0 aromatic heterocycles. The lowest BCUT2D eigenvalue weighted by atomic mass is 9.98. The molecule has 0 aromatic rings. The molecule has 250 valence electrons. The van der Waals surface area contributed by atoms with E-state index >= 15 is 0 Å². The van der Waals surface area contributed by atoms with Crippen LogP contribution in [0.3, 0.4) is 0 Å². The minimum Gasteiger partial charge on any atom is -0.465 e. The van der Waals surface area contributed by atoms with Crippen molar-refractivity contribution in [3.05, 3.63) is 24.3 Å². The van der Waals surface area contributed by atoms with Crippen molar-refractivity contribution in [2.24, 2.45) is 11.8 Å². The van der Waals surface area contributed by atoms with Crippen LogP contribution in [0.2, 0.25) is 0 Å². The molecule has 43 heavy (non-hydrogen) atoms. The number of hydrogen-bond donors (Lipinski definition) is 1. The maximum atomic E-state index is 12.2. The molecule has 0 radical (unpaired) electrons. The quantitative estimate of drug-likeness (QED) is 0.0503. The summed E-state index contributed by atoms with van der Waals surface area (Å²) >= 11 is 0. The van der Waals surface area contributed by atoms with Crippen LogP contribution >= 0.6 is 0 Å². The summed E-state index contributed by atoms with van der Waals surface area (Å²) in [6.07, 6.45) is 37.2. The number of carbonyl (C=O) groups is 2. The Morgan fingerprint density at radius 2 is 0.837 bits per heavy atom. The summed E-state index contributed by atoms with van der Waals surface area (Å²) in [7, 11) is 0. The van der Waals surface area contributed by atoms with E-state index in [2.05, 4.69) is 43.5 Å². The van der Waals surface area contributed by atoms with Crippen molar-refractivity contribution in [1.29, 1.82) is 0 Å². The van der Waals surface area contributed by atoms with Crippen LogP contribution in [0.15, 0.2) is 24.3 Å². The molecular formula is C38H69NO4. The number of nitrogens with one attached hydrogen (secondary N) is 1. The van der Waals surface area contributed by atoms with Gasteiger partial charge in [0.05, 0.1) is 13.2 Å². The summed E-state index contributed by atoms with van der Waals surface area (Å²) in [6, 6.07) is 0. The fourth-order valence-electron chi connectivity index (χ4n) is 5.69. The molecule has 5 nitrogen and oxygen atoms in total. The van der Waals surface area contributed by atoms with Gasteiger partial charge in [0.15, 0.2) is 0 Å². The SMILES string of the molecule is CCCCCCC=CCCCCCCCC(=O)OC[C@@H]1CNC[C@H]1COC(=O)CCCCCCCC=CCCCCCC. The van der Waals surface area contributed by atoms with Gasteiger partial charge in [0.25, 0.3) is 0 Å². The average molecular weight is 604 g/mol. The second-order valence-electron chi connectivity index (χ2n) is 12.8. The van der Waals surface area contributed by atoms with E-state index in [1.54, 1.807) is 0 Å². The summed E-state index contributed by atoms with van der Waals surface area (Å²) in [5.41, 5.74) is 0. The van der Waals surface area contributed by atoms with E-state index < -0.39 is 0 Å². The fourth-order valence-corrected chi connectivity index (χ4v) is 5.69. The maximum absolute atomic E-state index is 12.2. The Labute approximate surface area is 266 Å². The third-order valence-corrected chi connectivity index (χ3v) is 8.68. The molecule has 1 rings (SSSR count). The Hall–Kier alpha value is -1.62. The molecule has 1 aliphatic rings. The molecule has 2 atom stereocenters. The summed E-state index contributed by atoms with van der Waals surface area (Å²) in [5.74, 6) is 0.267. The summed E-state index contributed by atoms with van der Waals surface area (Å²) in [5, 5.41) is 3.37. The number of allylic oxidation sites excluding steroid dienone is 4. The van der Waals surface area contributed by atoms with Crippen molar-refractivity contribution >= 4 is 11.9 Å². The summed E-state index contributed by atoms with van der Waals surface area (Å²) < 4.78 is 11.2. The van der Waals surface area contributed by atoms with Crippen molar-refractivity contribution in [1.82, 2.24) is 5.32 Å². The van der Waals surface area contributed by atoms with E-state index in [9.17, 15) is 9.59 Å². The van der Waals surface area contributed by atoms with Crippen LogP contribution in [-0.2, 0) is 19.1 Å². The molecule has 1 heterocycles. The zero-order valence-electron chi connectivity index (χ0n) is 28.4. The van der Waals surface area contributed by atoms with Gasteiger partial charge in [-0.1, -0.05) is 115 Å². The minimum absolute atomic E-state index is 0.0907. The number of unbranched alkanes of at least 4 members (excludes halogenated alkanes) is 18. The Kier molecular flexibility index (Phi) is 27.9. The lowest BCUT2D eigenvalue weighted by molar-refractivity contribution is -0.149. The van der Waals surface area contributed by atoms with Gasteiger partial charge in [0, 0.05) is 37.8 Å². The minimum atomic E-state index is -0.0907. The first-order valence-electron chi connectivity index (χ1n) is 18.5. The highest BCUT2D eigenvalue weighted by atomic mass is 16.5. The van der Waals surface area contributed by atoms with Crippen LogP contribution in [0.4, 0.5) is 0 Å². The molecule has 0 bridgehead atoms. The largest absolute Gasteiger partial charge is 0.465 e. The number of hydrogen-bond acceptors (Lipinski definition) is 5. The van der Waals surface area contributed by atoms with E-state index in [1.807, 2.05) is 0 Å². The van der Waals surface area contributed by atoms with Gasteiger partial charge in [-0.15, -0.1) is 0 Å². The Morgan fingerprint density at radius 1 is 0.512 bits per heavy atom. The van der Waals surface area contributed by atoms with Crippen LogP contribution in [0.1, 0.15) is 168 Å². The number of carbonyl (C=O) groups excluding carboxylic acids is 2. The van der Waals surface area contributed by atoms with E-state index in [0.717, 1.165) is 38.8 Å². The molecule has 1 saturated heterocycles. The predicted molar refractivity (Wildman–Crippen MR) is 182 cm³/mol. The van der Waals surface area contributed by atoms with Crippen molar-refractivity contribution in [3.8, 4) is 0 Å². The molecule has 0 spiro atoms. The molecule has 0 unspecified atom stereocenters. The van der Waals surface area contributed by atoms with Gasteiger partial charge in [-0.2, -0.15) is 0 Å². The van der Waals surface area contributed by atoms with Gasteiger partial charge in [0.1, 0.15) is 0 Å². The van der Waals surface area contributed by atoms with Gasteiger partial charge in [0.2, 0.25) is 0 Å². The highest BCUT2D eigenvalue weighted by Gasteiger charge is 2.29. The van der Waals surface area contributed by atoms with E-state index in [0.29, 0.717) is 26.1 Å². The third kappa shape index (κ3) is 25.4. The third-order valence-electron chi connectivity index (χ3n) is 8.68. The van der Waals surface area contributed by atoms with Crippen LogP contribution in [0.5, 0.6) is 0 Å². The van der Waals surface area contributed by atoms with Gasteiger partial charge >= 0.3 is 11.9 Å². The molecule has 0 saturated carbocycles. The molecule has 0 aromatic carbocycles. The lowest BCUT2D eigenvalue weighted by Gasteiger charge is -2.18. The monoisotopic (exact) mass is 604 g/mol. The first-order valence-corrected chi connectivity index (χ1v) is 18.5. The van der Waals surface area contributed by atoms with Gasteiger partial charge in [-0.3, -0.25) is 9.59 Å². The fraction of sp³-hybridized carbons (Fsp3) is 0.842. The molecular weight excluding hydrogens is 534 g/mol. The number of ether oxygens (including phenoxy) is 2. The van der Waals surface area contributed by atoms with E-state index in [-0.39, 0.29) is 23.8 Å². The van der Waals surface area contributed by atoms with Crippen LogP contribution < -0.4 is 5.32 Å². The van der Waals surface area contributed by atoms with Gasteiger partial charge in [-0.05, 0) is 64.2 Å². The second kappa shape index (κ2) is 30.4. The standard InChI is InChI=1S/C38H69NO4/c1-3-5-7-9-11-13-15-17-19-21-23-25-27-29-37(40)42-33-35-31-39-32-36(35)34-43-38(41)30-28-26-24-22-20-18-16-14-12-10-8-6-4-2/h13-16,35-36,39H,3-12,17-34H2,1-2H3/t35-,36-/m0/s1. The molecule has 1 aliphatic heterocycles. The summed E-state index contributed by atoms with van der Waals surface area (Å²) in [6.45, 7) is 6.99. The van der Waals surface area contributed by atoms with Crippen molar-refractivity contribution < 1.29 is 19.1 Å². The molecule has 1 N–H and O–H groups in total. The highest BCUT2D eigenvalue weighted by Crippen LogP contribution is 2.19. The predicted octanol–water partition coefficient (Wildman–Crippen LogP) is 10.4. The van der Waals surface area contributed by atoms with Gasteiger partial charge in [-0.25, -0.2) is 0 Å². The molecule has 1 fully saturated rings. The summed E-state index contributed by atoms with van der Waals surface area (Å²) in [4.78, 5) is 24.5. The van der Waals surface area contributed by atoms with Crippen LogP contribution in [0.25, 0.3) is 0 Å². The molecule has 5 heteroatoms. The van der Waals surface area contributed by atoms with Crippen LogP contribution in [-0.4, -0.2) is 38.2 Å². The van der Waals surface area contributed by atoms with Crippen molar-refractivity contribution in [2.75, 3.05) is 26.3 Å². The number of rotatable bonds is 30. The smallest absolute Gasteiger partial charge is 0.305 e.